The molecule has 1 aromatic carbocycles. The fourth-order valence-electron chi connectivity index (χ4n) is 2.55. The molecule has 1 aromatic rings. The molecule has 0 spiro atoms. The fraction of sp³-hybridized carbons (Fsp3) is 0.533. The summed E-state index contributed by atoms with van der Waals surface area (Å²) in [4.78, 5) is 5.22. The topological polar surface area (TPSA) is 41.7 Å². The number of hydrogen-bond donors (Lipinski definition) is 1. The molecule has 1 heterocycles. The summed E-state index contributed by atoms with van der Waals surface area (Å²) in [6.07, 6.45) is 0. The van der Waals surface area contributed by atoms with Gasteiger partial charge in [-0.25, -0.2) is 0 Å². The third-order valence-electron chi connectivity index (χ3n) is 3.68. The molecule has 5 heteroatoms. The molecule has 1 aliphatic heterocycles. The lowest BCUT2D eigenvalue weighted by molar-refractivity contribution is 0.137. The largest absolute Gasteiger partial charge is 0.494 e. The van der Waals surface area contributed by atoms with Crippen molar-refractivity contribution in [3.63, 3.8) is 0 Å². The zero-order valence-electron chi connectivity index (χ0n) is 12.2. The molecule has 1 unspecified atom stereocenters. The molecule has 4 nitrogen and oxygen atoms in total. The highest BCUT2D eigenvalue weighted by Crippen LogP contribution is 2.24. The first-order valence-corrected chi connectivity index (χ1v) is 7.47. The van der Waals surface area contributed by atoms with Gasteiger partial charge in [0, 0.05) is 26.2 Å². The lowest BCUT2D eigenvalue weighted by Crippen LogP contribution is -2.48. The summed E-state index contributed by atoms with van der Waals surface area (Å²) in [6, 6.07) is 8.12. The van der Waals surface area contributed by atoms with Crippen molar-refractivity contribution in [3.05, 3.63) is 29.8 Å². The number of rotatable bonds is 5. The molecule has 0 radical (unpaired) electrons. The SMILES string of the molecule is CCOc1ccc(C(C(N)=S)N2CCN(C)CC2)cc1. The Morgan fingerprint density at radius 3 is 2.35 bits per heavy atom. The van der Waals surface area contributed by atoms with Gasteiger partial charge >= 0.3 is 0 Å². The highest BCUT2D eigenvalue weighted by molar-refractivity contribution is 7.80. The van der Waals surface area contributed by atoms with E-state index in [2.05, 4.69) is 29.0 Å². The van der Waals surface area contributed by atoms with E-state index in [0.717, 1.165) is 37.5 Å². The van der Waals surface area contributed by atoms with Gasteiger partial charge < -0.3 is 15.4 Å². The number of benzene rings is 1. The van der Waals surface area contributed by atoms with Crippen molar-refractivity contribution in [1.82, 2.24) is 9.80 Å². The van der Waals surface area contributed by atoms with Gasteiger partial charge in [-0.1, -0.05) is 24.4 Å². The normalized spacial score (nSPS) is 18.7. The smallest absolute Gasteiger partial charge is 0.119 e. The summed E-state index contributed by atoms with van der Waals surface area (Å²) in [5.74, 6) is 0.885. The van der Waals surface area contributed by atoms with E-state index in [4.69, 9.17) is 22.7 Å². The van der Waals surface area contributed by atoms with Crippen molar-refractivity contribution in [1.29, 1.82) is 0 Å². The Morgan fingerprint density at radius 1 is 1.25 bits per heavy atom. The molecule has 1 saturated heterocycles. The lowest BCUT2D eigenvalue weighted by atomic mass is 10.0. The van der Waals surface area contributed by atoms with Crippen LogP contribution in [0.5, 0.6) is 5.75 Å². The van der Waals surface area contributed by atoms with E-state index >= 15 is 0 Å². The van der Waals surface area contributed by atoms with Crippen LogP contribution in [0.3, 0.4) is 0 Å². The van der Waals surface area contributed by atoms with Crippen LogP contribution in [0.25, 0.3) is 0 Å². The minimum Gasteiger partial charge on any atom is -0.494 e. The summed E-state index contributed by atoms with van der Waals surface area (Å²) >= 11 is 5.28. The molecule has 2 N–H and O–H groups in total. The van der Waals surface area contributed by atoms with Gasteiger partial charge in [-0.15, -0.1) is 0 Å². The van der Waals surface area contributed by atoms with E-state index in [-0.39, 0.29) is 6.04 Å². The molecule has 0 bridgehead atoms. The lowest BCUT2D eigenvalue weighted by Gasteiger charge is -2.37. The molecule has 110 valence electrons. The van der Waals surface area contributed by atoms with Crippen LogP contribution in [0, 0.1) is 0 Å². The molecule has 0 aromatic heterocycles. The van der Waals surface area contributed by atoms with Gasteiger partial charge in [0.05, 0.1) is 17.6 Å². The number of nitrogens with two attached hydrogens (primary N) is 1. The Labute approximate surface area is 126 Å². The first-order chi connectivity index (χ1) is 9.61. The van der Waals surface area contributed by atoms with Crippen molar-refractivity contribution in [2.24, 2.45) is 5.73 Å². The Bertz CT molecular complexity index is 441. The van der Waals surface area contributed by atoms with E-state index in [0.29, 0.717) is 11.6 Å². The number of piperazine rings is 1. The van der Waals surface area contributed by atoms with Crippen LogP contribution < -0.4 is 10.5 Å². The van der Waals surface area contributed by atoms with Crippen molar-refractivity contribution < 1.29 is 4.74 Å². The van der Waals surface area contributed by atoms with Crippen molar-refractivity contribution in [3.8, 4) is 5.75 Å². The van der Waals surface area contributed by atoms with Gasteiger partial charge in [0.15, 0.2) is 0 Å². The Balaban J connectivity index is 2.13. The summed E-state index contributed by atoms with van der Waals surface area (Å²) in [5.41, 5.74) is 7.12. The molecular formula is C15H23N3OS. The zero-order valence-corrected chi connectivity index (χ0v) is 13.0. The summed E-state index contributed by atoms with van der Waals surface area (Å²) in [7, 11) is 2.14. The maximum atomic E-state index is 5.98. The zero-order chi connectivity index (χ0) is 14.5. The maximum Gasteiger partial charge on any atom is 0.119 e. The van der Waals surface area contributed by atoms with Crippen LogP contribution in [0.1, 0.15) is 18.5 Å². The number of likely N-dealkylation sites (N-methyl/N-ethyl adjacent to an activating group) is 1. The van der Waals surface area contributed by atoms with E-state index in [9.17, 15) is 0 Å². The van der Waals surface area contributed by atoms with Crippen LogP contribution in [-0.4, -0.2) is 54.6 Å². The monoisotopic (exact) mass is 293 g/mol. The highest BCUT2D eigenvalue weighted by Gasteiger charge is 2.25. The minimum absolute atomic E-state index is 0.0226. The molecule has 0 amide bonds. The van der Waals surface area contributed by atoms with E-state index in [1.54, 1.807) is 0 Å². The third kappa shape index (κ3) is 3.69. The molecule has 2 rings (SSSR count). The predicted molar refractivity (Wildman–Crippen MR) is 86.2 cm³/mol. The maximum absolute atomic E-state index is 5.98. The van der Waals surface area contributed by atoms with Gasteiger partial charge in [0.25, 0.3) is 0 Å². The second-order valence-electron chi connectivity index (χ2n) is 5.15. The van der Waals surface area contributed by atoms with Gasteiger partial charge in [-0.05, 0) is 31.7 Å². The Hall–Kier alpha value is -1.17. The van der Waals surface area contributed by atoms with E-state index in [1.807, 2.05) is 19.1 Å². The second-order valence-corrected chi connectivity index (χ2v) is 5.62. The number of nitrogens with zero attached hydrogens (tertiary/aromatic N) is 2. The molecule has 1 aliphatic rings. The van der Waals surface area contributed by atoms with Crippen molar-refractivity contribution >= 4 is 17.2 Å². The average Bonchev–Trinajstić information content (AvgIpc) is 2.43. The van der Waals surface area contributed by atoms with Gasteiger partial charge in [-0.2, -0.15) is 0 Å². The molecule has 1 atom stereocenters. The summed E-state index contributed by atoms with van der Waals surface area (Å²) in [6.45, 7) is 6.75. The standard InChI is InChI=1S/C15H23N3OS/c1-3-19-13-6-4-12(5-7-13)14(15(16)20)18-10-8-17(2)9-11-18/h4-7,14H,3,8-11H2,1-2H3,(H2,16,20). The van der Waals surface area contributed by atoms with Crippen molar-refractivity contribution in [2.45, 2.75) is 13.0 Å². The van der Waals surface area contributed by atoms with Crippen LogP contribution >= 0.6 is 12.2 Å². The van der Waals surface area contributed by atoms with Gasteiger partial charge in [-0.3, -0.25) is 4.90 Å². The van der Waals surface area contributed by atoms with Gasteiger partial charge in [0.2, 0.25) is 0 Å². The van der Waals surface area contributed by atoms with Crippen LogP contribution in [0.4, 0.5) is 0 Å². The fourth-order valence-corrected chi connectivity index (χ4v) is 2.83. The van der Waals surface area contributed by atoms with Gasteiger partial charge in [0.1, 0.15) is 5.75 Å². The van der Waals surface area contributed by atoms with Crippen LogP contribution in [-0.2, 0) is 0 Å². The number of thiocarbonyl (C=S) groups is 1. The molecule has 0 aliphatic carbocycles. The summed E-state index contributed by atoms with van der Waals surface area (Å²) in [5, 5.41) is 0. The number of ether oxygens (including phenoxy) is 1. The second kappa shape index (κ2) is 7.02. The molecular weight excluding hydrogens is 270 g/mol. The Kier molecular flexibility index (Phi) is 5.34. The van der Waals surface area contributed by atoms with Crippen LogP contribution in [0.15, 0.2) is 24.3 Å². The quantitative estimate of drug-likeness (QED) is 0.836. The molecule has 1 fully saturated rings. The number of hydrogen-bond acceptors (Lipinski definition) is 4. The first kappa shape index (κ1) is 15.2. The van der Waals surface area contributed by atoms with E-state index < -0.39 is 0 Å². The predicted octanol–water partition coefficient (Wildman–Crippen LogP) is 1.66. The van der Waals surface area contributed by atoms with Crippen molar-refractivity contribution in [2.75, 3.05) is 39.8 Å². The highest BCUT2D eigenvalue weighted by atomic mass is 32.1. The first-order valence-electron chi connectivity index (χ1n) is 7.06. The average molecular weight is 293 g/mol. The molecule has 0 saturated carbocycles. The Morgan fingerprint density at radius 2 is 1.85 bits per heavy atom. The third-order valence-corrected chi connectivity index (χ3v) is 3.90. The van der Waals surface area contributed by atoms with E-state index in [1.165, 1.54) is 0 Å². The minimum atomic E-state index is 0.0226. The summed E-state index contributed by atoms with van der Waals surface area (Å²) < 4.78 is 5.48. The molecule has 20 heavy (non-hydrogen) atoms. The van der Waals surface area contributed by atoms with Crippen LogP contribution in [0.2, 0.25) is 0 Å².